The number of benzene rings is 2. The number of carbonyl (C=O) groups is 1. The molecule has 1 saturated heterocycles. The standard InChI is InChI=1S/C24H26FN7O/c1-3-22(33)28-20-6-4-5-7-21(20)29-23-19(25)16-26-24(30-23)27-17-8-10-18(11-9-17)32-14-12-31(2)13-15-32/h3-11,16H,1,12-15H2,2H3,(H,28,33)(H2,26,27,29,30). The van der Waals surface area contributed by atoms with Crippen molar-refractivity contribution in [1.82, 2.24) is 14.9 Å². The summed E-state index contributed by atoms with van der Waals surface area (Å²) < 4.78 is 14.4. The molecule has 8 nitrogen and oxygen atoms in total. The number of halogens is 1. The van der Waals surface area contributed by atoms with Gasteiger partial charge in [0, 0.05) is 37.6 Å². The number of piperazine rings is 1. The Bertz CT molecular complexity index is 1130. The van der Waals surface area contributed by atoms with Gasteiger partial charge in [-0.2, -0.15) is 4.98 Å². The maximum Gasteiger partial charge on any atom is 0.247 e. The first-order chi connectivity index (χ1) is 16.0. The van der Waals surface area contributed by atoms with E-state index < -0.39 is 5.82 Å². The van der Waals surface area contributed by atoms with Gasteiger partial charge >= 0.3 is 0 Å². The highest BCUT2D eigenvalue weighted by atomic mass is 19.1. The van der Waals surface area contributed by atoms with Crippen LogP contribution in [0.25, 0.3) is 0 Å². The van der Waals surface area contributed by atoms with E-state index in [0.29, 0.717) is 11.4 Å². The second-order valence-corrected chi connectivity index (χ2v) is 7.72. The fourth-order valence-electron chi connectivity index (χ4n) is 3.48. The van der Waals surface area contributed by atoms with Crippen molar-refractivity contribution in [3.05, 3.63) is 73.2 Å². The van der Waals surface area contributed by atoms with Crippen LogP contribution in [0.4, 0.5) is 38.9 Å². The van der Waals surface area contributed by atoms with Crippen LogP contribution in [0.2, 0.25) is 0 Å². The van der Waals surface area contributed by atoms with Crippen LogP contribution in [-0.4, -0.2) is 54.0 Å². The number of amides is 1. The lowest BCUT2D eigenvalue weighted by Gasteiger charge is -2.34. The average Bonchev–Trinajstić information content (AvgIpc) is 2.83. The summed E-state index contributed by atoms with van der Waals surface area (Å²) in [7, 11) is 2.13. The van der Waals surface area contributed by atoms with Gasteiger partial charge in [0.1, 0.15) is 0 Å². The lowest BCUT2D eigenvalue weighted by Crippen LogP contribution is -2.44. The maximum absolute atomic E-state index is 14.4. The first-order valence-corrected chi connectivity index (χ1v) is 10.6. The van der Waals surface area contributed by atoms with Gasteiger partial charge in [-0.05, 0) is 49.5 Å². The van der Waals surface area contributed by atoms with E-state index in [-0.39, 0.29) is 17.7 Å². The minimum absolute atomic E-state index is 0.0122. The molecule has 1 amide bonds. The van der Waals surface area contributed by atoms with Crippen molar-refractivity contribution in [2.75, 3.05) is 54.1 Å². The molecule has 2 aromatic carbocycles. The van der Waals surface area contributed by atoms with Crippen molar-refractivity contribution < 1.29 is 9.18 Å². The molecule has 0 aliphatic carbocycles. The van der Waals surface area contributed by atoms with Crippen LogP contribution < -0.4 is 20.9 Å². The normalized spacial score (nSPS) is 13.9. The summed E-state index contributed by atoms with van der Waals surface area (Å²) in [4.78, 5) is 24.7. The highest BCUT2D eigenvalue weighted by Crippen LogP contribution is 2.27. The number of para-hydroxylation sites is 2. The summed E-state index contributed by atoms with van der Waals surface area (Å²) in [5.74, 6) is -0.744. The fraction of sp³-hybridized carbons (Fsp3) is 0.208. The number of nitrogens with one attached hydrogen (secondary N) is 3. The first kappa shape index (κ1) is 22.2. The number of likely N-dealkylation sites (N-methyl/N-ethyl adjacent to an activating group) is 1. The predicted octanol–water partition coefficient (Wildman–Crippen LogP) is 3.98. The van der Waals surface area contributed by atoms with Gasteiger partial charge in [0.25, 0.3) is 0 Å². The Morgan fingerprint density at radius 3 is 2.42 bits per heavy atom. The van der Waals surface area contributed by atoms with Crippen molar-refractivity contribution in [1.29, 1.82) is 0 Å². The Hall–Kier alpha value is -3.98. The molecule has 1 fully saturated rings. The van der Waals surface area contributed by atoms with Gasteiger partial charge in [-0.25, -0.2) is 9.37 Å². The molecule has 9 heteroatoms. The third kappa shape index (κ3) is 5.64. The Morgan fingerprint density at radius 2 is 1.73 bits per heavy atom. The van der Waals surface area contributed by atoms with E-state index >= 15 is 0 Å². The van der Waals surface area contributed by atoms with E-state index in [1.54, 1.807) is 24.3 Å². The molecule has 0 spiro atoms. The van der Waals surface area contributed by atoms with Crippen molar-refractivity contribution in [3.8, 4) is 0 Å². The smallest absolute Gasteiger partial charge is 0.247 e. The van der Waals surface area contributed by atoms with Gasteiger partial charge < -0.3 is 25.8 Å². The summed E-state index contributed by atoms with van der Waals surface area (Å²) in [5, 5.41) is 8.72. The van der Waals surface area contributed by atoms with Gasteiger partial charge in [0.05, 0.1) is 17.6 Å². The van der Waals surface area contributed by atoms with Crippen LogP contribution in [0.1, 0.15) is 0 Å². The quantitative estimate of drug-likeness (QED) is 0.473. The minimum Gasteiger partial charge on any atom is -0.369 e. The molecule has 0 unspecified atom stereocenters. The molecule has 0 saturated carbocycles. The lowest BCUT2D eigenvalue weighted by atomic mass is 10.2. The zero-order chi connectivity index (χ0) is 23.2. The summed E-state index contributed by atoms with van der Waals surface area (Å²) in [6.45, 7) is 7.52. The molecule has 3 N–H and O–H groups in total. The topological polar surface area (TPSA) is 85.4 Å². The number of nitrogens with zero attached hydrogens (tertiary/aromatic N) is 4. The summed E-state index contributed by atoms with van der Waals surface area (Å²) in [6.07, 6.45) is 2.26. The summed E-state index contributed by atoms with van der Waals surface area (Å²) >= 11 is 0. The fourth-order valence-corrected chi connectivity index (χ4v) is 3.48. The van der Waals surface area contributed by atoms with Crippen LogP contribution >= 0.6 is 0 Å². The molecule has 170 valence electrons. The van der Waals surface area contributed by atoms with E-state index in [9.17, 15) is 9.18 Å². The van der Waals surface area contributed by atoms with Gasteiger partial charge in [0.2, 0.25) is 11.9 Å². The van der Waals surface area contributed by atoms with Crippen LogP contribution in [0.5, 0.6) is 0 Å². The molecular weight excluding hydrogens is 421 g/mol. The average molecular weight is 448 g/mol. The molecule has 1 aliphatic heterocycles. The highest BCUT2D eigenvalue weighted by molar-refractivity contribution is 6.01. The second kappa shape index (κ2) is 10.1. The van der Waals surface area contributed by atoms with E-state index in [4.69, 9.17) is 0 Å². The Balaban J connectivity index is 1.47. The van der Waals surface area contributed by atoms with Crippen LogP contribution in [-0.2, 0) is 4.79 Å². The molecule has 0 atom stereocenters. The number of anilines is 6. The van der Waals surface area contributed by atoms with Gasteiger partial charge in [-0.15, -0.1) is 0 Å². The Labute approximate surface area is 192 Å². The molecule has 0 radical (unpaired) electrons. The minimum atomic E-state index is -0.615. The van der Waals surface area contributed by atoms with Gasteiger partial charge in [-0.1, -0.05) is 18.7 Å². The van der Waals surface area contributed by atoms with Crippen molar-refractivity contribution in [3.63, 3.8) is 0 Å². The van der Waals surface area contributed by atoms with Gasteiger partial charge in [0.15, 0.2) is 11.6 Å². The number of aromatic nitrogens is 2. The van der Waals surface area contributed by atoms with E-state index in [2.05, 4.69) is 61.5 Å². The molecule has 0 bridgehead atoms. The predicted molar refractivity (Wildman–Crippen MR) is 130 cm³/mol. The first-order valence-electron chi connectivity index (χ1n) is 10.6. The third-order valence-electron chi connectivity index (χ3n) is 5.36. The third-order valence-corrected chi connectivity index (χ3v) is 5.36. The molecule has 2 heterocycles. The maximum atomic E-state index is 14.4. The highest BCUT2D eigenvalue weighted by Gasteiger charge is 2.14. The molecule has 1 aliphatic rings. The number of hydrogen-bond donors (Lipinski definition) is 3. The lowest BCUT2D eigenvalue weighted by molar-refractivity contribution is -0.111. The molecule has 1 aromatic heterocycles. The summed E-state index contributed by atoms with van der Waals surface area (Å²) in [6, 6.07) is 14.9. The largest absolute Gasteiger partial charge is 0.369 e. The Kier molecular flexibility index (Phi) is 6.80. The zero-order valence-corrected chi connectivity index (χ0v) is 18.4. The van der Waals surface area contributed by atoms with E-state index in [1.807, 2.05) is 12.1 Å². The zero-order valence-electron chi connectivity index (χ0n) is 18.4. The van der Waals surface area contributed by atoms with Crippen molar-refractivity contribution in [2.45, 2.75) is 0 Å². The number of rotatable bonds is 7. The van der Waals surface area contributed by atoms with Crippen molar-refractivity contribution >= 4 is 40.4 Å². The SMILES string of the molecule is C=CC(=O)Nc1ccccc1Nc1nc(Nc2ccc(N3CCN(C)CC3)cc2)ncc1F. The summed E-state index contributed by atoms with van der Waals surface area (Å²) in [5.41, 5.74) is 2.93. The number of hydrogen-bond acceptors (Lipinski definition) is 7. The monoisotopic (exact) mass is 447 g/mol. The Morgan fingerprint density at radius 1 is 1.03 bits per heavy atom. The van der Waals surface area contributed by atoms with Crippen LogP contribution in [0, 0.1) is 5.82 Å². The second-order valence-electron chi connectivity index (χ2n) is 7.72. The molecule has 4 rings (SSSR count). The van der Waals surface area contributed by atoms with E-state index in [0.717, 1.165) is 43.8 Å². The van der Waals surface area contributed by atoms with Crippen molar-refractivity contribution in [2.24, 2.45) is 0 Å². The van der Waals surface area contributed by atoms with Crippen LogP contribution in [0.15, 0.2) is 67.4 Å². The molecular formula is C24H26FN7O. The van der Waals surface area contributed by atoms with E-state index in [1.165, 1.54) is 6.08 Å². The van der Waals surface area contributed by atoms with Gasteiger partial charge in [-0.3, -0.25) is 4.79 Å². The molecule has 33 heavy (non-hydrogen) atoms. The molecule has 3 aromatic rings. The number of carbonyl (C=O) groups excluding carboxylic acids is 1. The van der Waals surface area contributed by atoms with Crippen LogP contribution in [0.3, 0.4) is 0 Å².